The van der Waals surface area contributed by atoms with E-state index in [1.807, 2.05) is 0 Å². The average Bonchev–Trinajstić information content (AvgIpc) is 1.60. The first-order chi connectivity index (χ1) is 4.33. The van der Waals surface area contributed by atoms with Crippen molar-refractivity contribution in [3.8, 4) is 0 Å². The number of aliphatic carboxylic acids is 1. The highest BCUT2D eigenvalue weighted by atomic mass is 16.4. The Balaban J connectivity index is 4.32. The molecule has 0 saturated carbocycles. The number of carboxylic acid groups (broad SMARTS) is 1. The molecule has 0 amide bonds. The molecule has 0 saturated heterocycles. The predicted octanol–water partition coefficient (Wildman–Crippen LogP) is -0.349. The molecule has 0 bridgehead atoms. The molecule has 0 aromatic heterocycles. The second-order valence-corrected chi connectivity index (χ2v) is 2.50. The number of rotatable bonds is 2. The third-order valence-corrected chi connectivity index (χ3v) is 0.865. The van der Waals surface area contributed by atoms with Gasteiger partial charge in [0.25, 0.3) is 0 Å². The minimum absolute atomic E-state index is 0.160. The van der Waals surface area contributed by atoms with Gasteiger partial charge in [0.05, 0.1) is 5.66 Å². The molecule has 0 aromatic rings. The van der Waals surface area contributed by atoms with Crippen molar-refractivity contribution >= 4 is 5.97 Å². The van der Waals surface area contributed by atoms with Crippen LogP contribution in [-0.4, -0.2) is 16.7 Å². The zero-order valence-corrected chi connectivity index (χ0v) is 6.09. The minimum Gasteiger partial charge on any atom is -0.478 e. The second-order valence-electron chi connectivity index (χ2n) is 2.50. The van der Waals surface area contributed by atoms with Crippen LogP contribution in [0.4, 0.5) is 0 Å². The van der Waals surface area contributed by atoms with Crippen molar-refractivity contribution < 1.29 is 9.90 Å². The van der Waals surface area contributed by atoms with Gasteiger partial charge in [-0.05, 0) is 19.9 Å². The normalized spacial score (nSPS) is 13.4. The molecule has 0 atom stereocenters. The van der Waals surface area contributed by atoms with E-state index in [0.29, 0.717) is 0 Å². The lowest BCUT2D eigenvalue weighted by molar-refractivity contribution is -0.132. The van der Waals surface area contributed by atoms with Crippen molar-refractivity contribution in [3.63, 3.8) is 0 Å². The summed E-state index contributed by atoms with van der Waals surface area (Å²) in [5.74, 6) is -0.998. The fraction of sp³-hybridized carbons (Fsp3) is 0.500. The van der Waals surface area contributed by atoms with Crippen molar-refractivity contribution in [1.82, 2.24) is 0 Å². The molecule has 0 aromatic carbocycles. The molecule has 0 aliphatic rings. The van der Waals surface area contributed by atoms with Gasteiger partial charge in [-0.1, -0.05) is 0 Å². The Morgan fingerprint density at radius 2 is 2.00 bits per heavy atom. The van der Waals surface area contributed by atoms with Crippen LogP contribution in [0.5, 0.6) is 0 Å². The molecule has 4 heteroatoms. The van der Waals surface area contributed by atoms with E-state index in [4.69, 9.17) is 16.6 Å². The lowest BCUT2D eigenvalue weighted by atomic mass is 10.1. The van der Waals surface area contributed by atoms with Crippen LogP contribution in [0.2, 0.25) is 0 Å². The molecule has 10 heavy (non-hydrogen) atoms. The molecule has 4 nitrogen and oxygen atoms in total. The van der Waals surface area contributed by atoms with E-state index >= 15 is 0 Å². The molecule has 0 aliphatic heterocycles. The van der Waals surface area contributed by atoms with Gasteiger partial charge in [0, 0.05) is 5.57 Å². The molecule has 0 heterocycles. The summed E-state index contributed by atoms with van der Waals surface area (Å²) in [7, 11) is 0. The molecule has 58 valence electrons. The smallest absolute Gasteiger partial charge is 0.331 e. The highest BCUT2D eigenvalue weighted by molar-refractivity contribution is 5.85. The van der Waals surface area contributed by atoms with Gasteiger partial charge in [-0.3, -0.25) is 0 Å². The first kappa shape index (κ1) is 9.13. The topological polar surface area (TPSA) is 89.3 Å². The molecule has 0 fully saturated rings. The van der Waals surface area contributed by atoms with E-state index in [2.05, 4.69) is 0 Å². The molecular weight excluding hydrogens is 132 g/mol. The molecular formula is C6H12N2O2. The summed E-state index contributed by atoms with van der Waals surface area (Å²) >= 11 is 0. The molecule has 5 N–H and O–H groups in total. The van der Waals surface area contributed by atoms with Crippen LogP contribution in [-0.2, 0) is 4.79 Å². The number of hydrogen-bond donors (Lipinski definition) is 3. The molecule has 0 unspecified atom stereocenters. The maximum absolute atomic E-state index is 10.2. The third kappa shape index (κ3) is 4.05. The van der Waals surface area contributed by atoms with E-state index in [1.54, 1.807) is 0 Å². The van der Waals surface area contributed by atoms with Crippen molar-refractivity contribution in [1.29, 1.82) is 0 Å². The van der Waals surface area contributed by atoms with E-state index < -0.39 is 11.6 Å². The van der Waals surface area contributed by atoms with Gasteiger partial charge < -0.3 is 16.6 Å². The van der Waals surface area contributed by atoms with Gasteiger partial charge in [0.1, 0.15) is 0 Å². The van der Waals surface area contributed by atoms with Crippen LogP contribution in [0.15, 0.2) is 11.6 Å². The maximum Gasteiger partial charge on any atom is 0.331 e. The van der Waals surface area contributed by atoms with Crippen molar-refractivity contribution in [3.05, 3.63) is 11.6 Å². The summed E-state index contributed by atoms with van der Waals surface area (Å²) in [6.45, 7) is 2.97. The number of nitrogens with two attached hydrogens (primary N) is 2. The Morgan fingerprint density at radius 3 is 2.10 bits per heavy atom. The maximum atomic E-state index is 10.2. The Kier molecular flexibility index (Phi) is 2.56. The zero-order valence-electron chi connectivity index (χ0n) is 6.09. The molecule has 0 aliphatic carbocycles. The Morgan fingerprint density at radius 1 is 1.60 bits per heavy atom. The van der Waals surface area contributed by atoms with Crippen molar-refractivity contribution in [2.45, 2.75) is 19.5 Å². The quantitative estimate of drug-likeness (QED) is 0.365. The fourth-order valence-corrected chi connectivity index (χ4v) is 0.528. The van der Waals surface area contributed by atoms with E-state index in [9.17, 15) is 4.79 Å². The predicted molar refractivity (Wildman–Crippen MR) is 38.2 cm³/mol. The van der Waals surface area contributed by atoms with Crippen molar-refractivity contribution in [2.24, 2.45) is 11.5 Å². The van der Waals surface area contributed by atoms with Crippen molar-refractivity contribution in [2.75, 3.05) is 0 Å². The van der Waals surface area contributed by atoms with Gasteiger partial charge in [-0.2, -0.15) is 0 Å². The summed E-state index contributed by atoms with van der Waals surface area (Å²) in [5, 5.41) is 8.37. The lowest BCUT2D eigenvalue weighted by Gasteiger charge is -2.12. The van der Waals surface area contributed by atoms with Crippen LogP contribution in [0.1, 0.15) is 13.8 Å². The van der Waals surface area contributed by atoms with Crippen LogP contribution >= 0.6 is 0 Å². The minimum atomic E-state index is -1.04. The molecule has 0 rings (SSSR count). The van der Waals surface area contributed by atoms with E-state index in [0.717, 1.165) is 0 Å². The first-order valence-electron chi connectivity index (χ1n) is 2.83. The van der Waals surface area contributed by atoms with E-state index in [1.165, 1.54) is 19.9 Å². The van der Waals surface area contributed by atoms with Gasteiger partial charge in [0.15, 0.2) is 0 Å². The van der Waals surface area contributed by atoms with Crippen LogP contribution in [0.25, 0.3) is 0 Å². The van der Waals surface area contributed by atoms with Gasteiger partial charge >= 0.3 is 5.97 Å². The number of hydrogen-bond acceptors (Lipinski definition) is 3. The average molecular weight is 144 g/mol. The summed E-state index contributed by atoms with van der Waals surface area (Å²) in [4.78, 5) is 10.2. The standard InChI is InChI=1S/C6H12N2O2/c1-4(5(9)10)3-6(2,7)8/h3H,7-8H2,1-2H3,(H,9,10)/b4-3+. The largest absolute Gasteiger partial charge is 0.478 e. The fourth-order valence-electron chi connectivity index (χ4n) is 0.528. The van der Waals surface area contributed by atoms with Crippen LogP contribution < -0.4 is 11.5 Å². The van der Waals surface area contributed by atoms with E-state index in [-0.39, 0.29) is 5.57 Å². The van der Waals surface area contributed by atoms with Gasteiger partial charge in [0.2, 0.25) is 0 Å². The zero-order chi connectivity index (χ0) is 8.36. The monoisotopic (exact) mass is 144 g/mol. The second kappa shape index (κ2) is 2.81. The Labute approximate surface area is 59.5 Å². The van der Waals surface area contributed by atoms with Gasteiger partial charge in [-0.15, -0.1) is 0 Å². The summed E-state index contributed by atoms with van der Waals surface area (Å²) in [5.41, 5.74) is 9.74. The SMILES string of the molecule is C/C(=C\C(C)(N)N)C(=O)O. The van der Waals surface area contributed by atoms with Gasteiger partial charge in [-0.25, -0.2) is 4.79 Å². The molecule has 0 spiro atoms. The number of carboxylic acids is 1. The van der Waals surface area contributed by atoms with Crippen LogP contribution in [0, 0.1) is 0 Å². The molecule has 0 radical (unpaired) electrons. The summed E-state index contributed by atoms with van der Waals surface area (Å²) in [6.07, 6.45) is 1.30. The summed E-state index contributed by atoms with van der Waals surface area (Å²) in [6, 6.07) is 0. The third-order valence-electron chi connectivity index (χ3n) is 0.865. The first-order valence-corrected chi connectivity index (χ1v) is 2.83. The summed E-state index contributed by atoms with van der Waals surface area (Å²) < 4.78 is 0. The highest BCUT2D eigenvalue weighted by Gasteiger charge is 2.09. The Bertz CT molecular complexity index is 167. The highest BCUT2D eigenvalue weighted by Crippen LogP contribution is 1.98. The van der Waals surface area contributed by atoms with Crippen LogP contribution in [0.3, 0.4) is 0 Å². The number of carbonyl (C=O) groups is 1. The lowest BCUT2D eigenvalue weighted by Crippen LogP contribution is -2.44. The Hall–Kier alpha value is -0.870.